The lowest BCUT2D eigenvalue weighted by atomic mass is 10.2. The molecule has 0 spiro atoms. The lowest BCUT2D eigenvalue weighted by Crippen LogP contribution is -2.41. The first-order valence-electron chi connectivity index (χ1n) is 5.35. The van der Waals surface area contributed by atoms with E-state index in [1.54, 1.807) is 4.90 Å². The summed E-state index contributed by atoms with van der Waals surface area (Å²) in [5.41, 5.74) is 0.955. The smallest absolute Gasteiger partial charge is 0.243 e. The van der Waals surface area contributed by atoms with Crippen molar-refractivity contribution in [3.8, 4) is 0 Å². The van der Waals surface area contributed by atoms with Gasteiger partial charge in [-0.15, -0.1) is 12.4 Å². The molecule has 1 fully saturated rings. The second kappa shape index (κ2) is 5.87. The second-order valence-corrected chi connectivity index (χ2v) is 3.88. The number of hydrogen-bond donors (Lipinski definition) is 1. The molecule has 0 aromatic heterocycles. The molecule has 4 heteroatoms. The van der Waals surface area contributed by atoms with Crippen molar-refractivity contribution >= 4 is 24.0 Å². The summed E-state index contributed by atoms with van der Waals surface area (Å²) in [5.74, 6) is 0.165. The summed E-state index contributed by atoms with van der Waals surface area (Å²) in [6.45, 7) is 0.957. The molecule has 0 radical (unpaired) electrons. The van der Waals surface area contributed by atoms with E-state index in [0.717, 1.165) is 25.1 Å². The van der Waals surface area contributed by atoms with E-state index in [0.29, 0.717) is 0 Å². The number of anilines is 1. The molecule has 2 rings (SSSR count). The van der Waals surface area contributed by atoms with Crippen LogP contribution < -0.4 is 10.2 Å². The molecule has 1 aromatic rings. The Bertz CT molecular complexity index is 336. The van der Waals surface area contributed by atoms with Crippen molar-refractivity contribution in [1.29, 1.82) is 0 Å². The number of amides is 1. The second-order valence-electron chi connectivity index (χ2n) is 3.88. The van der Waals surface area contributed by atoms with Gasteiger partial charge in [-0.25, -0.2) is 0 Å². The summed E-state index contributed by atoms with van der Waals surface area (Å²) in [7, 11) is 1.83. The number of carbonyl (C=O) groups excluding carboxylic acids is 1. The van der Waals surface area contributed by atoms with Crippen LogP contribution in [0.5, 0.6) is 0 Å². The zero-order valence-corrected chi connectivity index (χ0v) is 10.2. The zero-order chi connectivity index (χ0) is 10.7. The minimum atomic E-state index is 0. The van der Waals surface area contributed by atoms with E-state index in [1.165, 1.54) is 0 Å². The molecule has 1 atom stereocenters. The number of halogens is 1. The summed E-state index contributed by atoms with van der Waals surface area (Å²) in [6.07, 6.45) is 2.05. The summed E-state index contributed by atoms with van der Waals surface area (Å²) in [4.78, 5) is 13.7. The number of likely N-dealkylation sites (N-methyl/N-ethyl adjacent to an activating group) is 1. The molecule has 1 heterocycles. The van der Waals surface area contributed by atoms with Gasteiger partial charge in [-0.05, 0) is 31.5 Å². The molecule has 0 bridgehead atoms. The lowest BCUT2D eigenvalue weighted by molar-refractivity contribution is -0.119. The Labute approximate surface area is 102 Å². The summed E-state index contributed by atoms with van der Waals surface area (Å²) in [6, 6.07) is 9.76. The third kappa shape index (κ3) is 2.74. The third-order valence-electron chi connectivity index (χ3n) is 2.83. The Morgan fingerprint density at radius 3 is 2.62 bits per heavy atom. The topological polar surface area (TPSA) is 32.3 Å². The molecule has 1 amide bonds. The summed E-state index contributed by atoms with van der Waals surface area (Å²) >= 11 is 0. The van der Waals surface area contributed by atoms with Gasteiger partial charge >= 0.3 is 0 Å². The maximum Gasteiger partial charge on any atom is 0.243 e. The third-order valence-corrected chi connectivity index (χ3v) is 2.83. The fourth-order valence-corrected chi connectivity index (χ4v) is 1.91. The van der Waals surface area contributed by atoms with Crippen LogP contribution in [0.3, 0.4) is 0 Å². The number of carbonyl (C=O) groups is 1. The molecule has 16 heavy (non-hydrogen) atoms. The standard InChI is InChI=1S/C12H16N2O.ClH/c1-14(10-6-3-2-4-7-10)12(15)11-8-5-9-13-11;/h2-4,6-7,11,13H,5,8-9H2,1H3;1H. The Morgan fingerprint density at radius 2 is 2.06 bits per heavy atom. The van der Waals surface area contributed by atoms with Crippen LogP contribution >= 0.6 is 12.4 Å². The normalized spacial score (nSPS) is 18.9. The lowest BCUT2D eigenvalue weighted by Gasteiger charge is -2.21. The van der Waals surface area contributed by atoms with Gasteiger partial charge in [-0.3, -0.25) is 4.79 Å². The van der Waals surface area contributed by atoms with Crippen molar-refractivity contribution < 1.29 is 4.79 Å². The number of hydrogen-bond acceptors (Lipinski definition) is 2. The van der Waals surface area contributed by atoms with Gasteiger partial charge in [0.1, 0.15) is 0 Å². The van der Waals surface area contributed by atoms with Crippen LogP contribution in [0.25, 0.3) is 0 Å². The predicted octanol–water partition coefficient (Wildman–Crippen LogP) is 1.82. The van der Waals surface area contributed by atoms with Crippen LogP contribution in [-0.4, -0.2) is 25.5 Å². The largest absolute Gasteiger partial charge is 0.314 e. The highest BCUT2D eigenvalue weighted by Crippen LogP contribution is 2.15. The van der Waals surface area contributed by atoms with E-state index >= 15 is 0 Å². The Morgan fingerprint density at radius 1 is 1.38 bits per heavy atom. The minimum absolute atomic E-state index is 0. The molecule has 1 N–H and O–H groups in total. The molecule has 1 aromatic carbocycles. The molecule has 1 saturated heterocycles. The van der Waals surface area contributed by atoms with E-state index in [1.807, 2.05) is 37.4 Å². The van der Waals surface area contributed by atoms with E-state index in [2.05, 4.69) is 5.32 Å². The molecule has 88 valence electrons. The molecule has 0 aliphatic carbocycles. The van der Waals surface area contributed by atoms with Gasteiger partial charge in [-0.1, -0.05) is 18.2 Å². The van der Waals surface area contributed by atoms with Gasteiger partial charge in [0.2, 0.25) is 5.91 Å². The molecule has 3 nitrogen and oxygen atoms in total. The highest BCUT2D eigenvalue weighted by molar-refractivity contribution is 5.96. The average molecular weight is 241 g/mol. The highest BCUT2D eigenvalue weighted by Gasteiger charge is 2.25. The van der Waals surface area contributed by atoms with Crippen molar-refractivity contribution in [2.75, 3.05) is 18.5 Å². The predicted molar refractivity (Wildman–Crippen MR) is 68.1 cm³/mol. The van der Waals surface area contributed by atoms with Crippen LogP contribution in [0, 0.1) is 0 Å². The van der Waals surface area contributed by atoms with Crippen LogP contribution in [-0.2, 0) is 4.79 Å². The zero-order valence-electron chi connectivity index (χ0n) is 9.35. The van der Waals surface area contributed by atoms with Crippen molar-refractivity contribution in [3.05, 3.63) is 30.3 Å². The fraction of sp³-hybridized carbons (Fsp3) is 0.417. The van der Waals surface area contributed by atoms with Gasteiger partial charge in [-0.2, -0.15) is 0 Å². The summed E-state index contributed by atoms with van der Waals surface area (Å²) < 4.78 is 0. The first-order valence-corrected chi connectivity index (χ1v) is 5.35. The van der Waals surface area contributed by atoms with Gasteiger partial charge in [0.15, 0.2) is 0 Å². The number of para-hydroxylation sites is 1. The van der Waals surface area contributed by atoms with Crippen LogP contribution in [0.15, 0.2) is 30.3 Å². The Balaban J connectivity index is 0.00000128. The molecule has 1 aliphatic heterocycles. The Kier molecular flexibility index (Phi) is 4.77. The monoisotopic (exact) mass is 240 g/mol. The maximum absolute atomic E-state index is 12.0. The molecular formula is C12H17ClN2O. The SMILES string of the molecule is CN(C(=O)C1CCCN1)c1ccccc1.Cl. The van der Waals surface area contributed by atoms with Crippen LogP contribution in [0.4, 0.5) is 5.69 Å². The van der Waals surface area contributed by atoms with E-state index in [4.69, 9.17) is 0 Å². The van der Waals surface area contributed by atoms with Gasteiger partial charge in [0.25, 0.3) is 0 Å². The van der Waals surface area contributed by atoms with Crippen molar-refractivity contribution in [2.24, 2.45) is 0 Å². The van der Waals surface area contributed by atoms with Crippen LogP contribution in [0.2, 0.25) is 0 Å². The number of nitrogens with one attached hydrogen (secondary N) is 1. The van der Waals surface area contributed by atoms with E-state index in [-0.39, 0.29) is 24.4 Å². The number of rotatable bonds is 2. The molecule has 1 aliphatic rings. The number of benzene rings is 1. The van der Waals surface area contributed by atoms with E-state index < -0.39 is 0 Å². The van der Waals surface area contributed by atoms with Gasteiger partial charge in [0.05, 0.1) is 6.04 Å². The van der Waals surface area contributed by atoms with Crippen LogP contribution in [0.1, 0.15) is 12.8 Å². The fourth-order valence-electron chi connectivity index (χ4n) is 1.91. The van der Waals surface area contributed by atoms with Crippen molar-refractivity contribution in [3.63, 3.8) is 0 Å². The van der Waals surface area contributed by atoms with Crippen molar-refractivity contribution in [2.45, 2.75) is 18.9 Å². The molecular weight excluding hydrogens is 224 g/mol. The maximum atomic E-state index is 12.0. The quantitative estimate of drug-likeness (QED) is 0.856. The highest BCUT2D eigenvalue weighted by atomic mass is 35.5. The number of nitrogens with zero attached hydrogens (tertiary/aromatic N) is 1. The van der Waals surface area contributed by atoms with Gasteiger partial charge < -0.3 is 10.2 Å². The minimum Gasteiger partial charge on any atom is -0.314 e. The Hall–Kier alpha value is -1.06. The average Bonchev–Trinajstić information content (AvgIpc) is 2.82. The first kappa shape index (κ1) is 13.0. The van der Waals surface area contributed by atoms with Crippen molar-refractivity contribution in [1.82, 2.24) is 5.32 Å². The molecule has 0 saturated carbocycles. The van der Waals surface area contributed by atoms with Gasteiger partial charge in [0, 0.05) is 12.7 Å². The summed E-state index contributed by atoms with van der Waals surface area (Å²) in [5, 5.41) is 3.22. The molecule has 1 unspecified atom stereocenters. The first-order chi connectivity index (χ1) is 7.29. The van der Waals surface area contributed by atoms with E-state index in [9.17, 15) is 4.79 Å².